The van der Waals surface area contributed by atoms with E-state index in [0.29, 0.717) is 6.07 Å². The van der Waals surface area contributed by atoms with E-state index < -0.39 is 28.2 Å². The van der Waals surface area contributed by atoms with Gasteiger partial charge in [-0.3, -0.25) is 10.1 Å². The van der Waals surface area contributed by atoms with Crippen LogP contribution in [0.4, 0.5) is 25.8 Å². The number of anilines is 2. The Morgan fingerprint density at radius 2 is 1.67 bits per heavy atom. The number of non-ortho nitro benzene ring substituents is 1. The average Bonchev–Trinajstić information content (AvgIpc) is 2.42. The molecule has 0 aliphatic heterocycles. The van der Waals surface area contributed by atoms with Gasteiger partial charge in [0.25, 0.3) is 5.69 Å². The number of hydrogen-bond donors (Lipinski definition) is 2. The predicted octanol–water partition coefficient (Wildman–Crippen LogP) is 3.31. The van der Waals surface area contributed by atoms with Gasteiger partial charge in [-0.2, -0.15) is 0 Å². The van der Waals surface area contributed by atoms with E-state index in [2.05, 4.69) is 5.32 Å². The first-order valence-electron chi connectivity index (χ1n) is 5.62. The predicted molar refractivity (Wildman–Crippen MR) is 69.7 cm³/mol. The molecule has 0 saturated carbocycles. The smallest absolute Gasteiger partial charge is 0.335 e. The summed E-state index contributed by atoms with van der Waals surface area (Å²) in [7, 11) is 0. The van der Waals surface area contributed by atoms with Crippen molar-refractivity contribution >= 4 is 23.0 Å². The highest BCUT2D eigenvalue weighted by Crippen LogP contribution is 2.26. The number of nitrogens with zero attached hydrogens (tertiary/aromatic N) is 1. The van der Waals surface area contributed by atoms with E-state index in [1.54, 1.807) is 0 Å². The molecule has 0 aromatic heterocycles. The fourth-order valence-electron chi connectivity index (χ4n) is 1.61. The Bertz CT molecular complexity index is 673. The van der Waals surface area contributed by atoms with Crippen molar-refractivity contribution in [2.75, 3.05) is 5.32 Å². The fraction of sp³-hybridized carbons (Fsp3) is 0. The number of nitrogens with one attached hydrogen (secondary N) is 1. The molecular weight excluding hydrogens is 286 g/mol. The molecule has 21 heavy (non-hydrogen) atoms. The van der Waals surface area contributed by atoms with Crippen molar-refractivity contribution in [2.45, 2.75) is 0 Å². The first-order valence-corrected chi connectivity index (χ1v) is 5.62. The summed E-state index contributed by atoms with van der Waals surface area (Å²) >= 11 is 0. The standard InChI is InChI=1S/C13H8F2N2O4/c14-9-5-7(13(18)19)1-3-11(9)16-12-4-2-8(17(20)21)6-10(12)15/h1-6,16H,(H,18,19). The van der Waals surface area contributed by atoms with Gasteiger partial charge in [-0.15, -0.1) is 0 Å². The van der Waals surface area contributed by atoms with Crippen molar-refractivity contribution in [2.24, 2.45) is 0 Å². The molecule has 0 aliphatic rings. The van der Waals surface area contributed by atoms with Crippen LogP contribution in [-0.2, 0) is 0 Å². The van der Waals surface area contributed by atoms with Crippen LogP contribution in [0, 0.1) is 21.7 Å². The number of benzene rings is 2. The number of nitro groups is 1. The molecule has 0 amide bonds. The third-order valence-electron chi connectivity index (χ3n) is 2.65. The topological polar surface area (TPSA) is 92.5 Å². The van der Waals surface area contributed by atoms with Crippen molar-refractivity contribution in [1.29, 1.82) is 0 Å². The van der Waals surface area contributed by atoms with Gasteiger partial charge in [0, 0.05) is 6.07 Å². The van der Waals surface area contributed by atoms with Gasteiger partial charge in [0.2, 0.25) is 0 Å². The molecule has 2 rings (SSSR count). The van der Waals surface area contributed by atoms with E-state index in [0.717, 1.165) is 30.3 Å². The molecule has 0 fully saturated rings. The maximum atomic E-state index is 13.7. The average molecular weight is 294 g/mol. The van der Waals surface area contributed by atoms with E-state index in [-0.39, 0.29) is 16.9 Å². The Balaban J connectivity index is 2.30. The largest absolute Gasteiger partial charge is 0.478 e. The molecule has 2 aromatic carbocycles. The van der Waals surface area contributed by atoms with Crippen LogP contribution < -0.4 is 5.32 Å². The lowest BCUT2D eigenvalue weighted by molar-refractivity contribution is -0.385. The summed E-state index contributed by atoms with van der Waals surface area (Å²) in [4.78, 5) is 20.4. The van der Waals surface area contributed by atoms with Gasteiger partial charge in [0.1, 0.15) is 5.82 Å². The summed E-state index contributed by atoms with van der Waals surface area (Å²) in [5.41, 5.74) is -0.989. The van der Waals surface area contributed by atoms with Crippen molar-refractivity contribution in [3.05, 3.63) is 63.7 Å². The highest BCUT2D eigenvalue weighted by atomic mass is 19.1. The second kappa shape index (κ2) is 5.53. The number of carboxylic acids is 1. The molecule has 2 aromatic rings. The normalized spacial score (nSPS) is 10.2. The third-order valence-corrected chi connectivity index (χ3v) is 2.65. The molecule has 0 atom stereocenters. The van der Waals surface area contributed by atoms with Crippen LogP contribution in [-0.4, -0.2) is 16.0 Å². The van der Waals surface area contributed by atoms with Crippen molar-refractivity contribution in [3.8, 4) is 0 Å². The summed E-state index contributed by atoms with van der Waals surface area (Å²) in [6.07, 6.45) is 0. The van der Waals surface area contributed by atoms with Crippen molar-refractivity contribution in [1.82, 2.24) is 0 Å². The molecule has 0 aliphatic carbocycles. The number of carbonyl (C=O) groups is 1. The molecule has 0 spiro atoms. The van der Waals surface area contributed by atoms with Crippen LogP contribution >= 0.6 is 0 Å². The summed E-state index contributed by atoms with van der Waals surface area (Å²) in [5.74, 6) is -3.10. The maximum absolute atomic E-state index is 13.7. The van der Waals surface area contributed by atoms with Crippen molar-refractivity contribution < 1.29 is 23.6 Å². The third kappa shape index (κ3) is 3.11. The number of hydrogen-bond acceptors (Lipinski definition) is 4. The van der Waals surface area contributed by atoms with Crippen LogP contribution in [0.15, 0.2) is 36.4 Å². The molecule has 0 unspecified atom stereocenters. The summed E-state index contributed by atoms with van der Waals surface area (Å²) in [6, 6.07) is 5.93. The SMILES string of the molecule is O=C(O)c1ccc(Nc2ccc([N+](=O)[O-])cc2F)c(F)c1. The van der Waals surface area contributed by atoms with Crippen LogP contribution in [0.2, 0.25) is 0 Å². The quantitative estimate of drug-likeness (QED) is 0.666. The summed E-state index contributed by atoms with van der Waals surface area (Å²) in [6.45, 7) is 0. The second-order valence-electron chi connectivity index (χ2n) is 4.05. The zero-order chi connectivity index (χ0) is 15.6. The van der Waals surface area contributed by atoms with Crippen LogP contribution in [0.3, 0.4) is 0 Å². The Morgan fingerprint density at radius 1 is 1.10 bits per heavy atom. The first kappa shape index (κ1) is 14.4. The highest BCUT2D eigenvalue weighted by Gasteiger charge is 2.13. The van der Waals surface area contributed by atoms with Gasteiger partial charge >= 0.3 is 5.97 Å². The Kier molecular flexibility index (Phi) is 3.79. The fourth-order valence-corrected chi connectivity index (χ4v) is 1.61. The minimum Gasteiger partial charge on any atom is -0.478 e. The van der Waals surface area contributed by atoms with Gasteiger partial charge in [-0.1, -0.05) is 0 Å². The van der Waals surface area contributed by atoms with Crippen molar-refractivity contribution in [3.63, 3.8) is 0 Å². The summed E-state index contributed by atoms with van der Waals surface area (Å²) in [5, 5.41) is 21.6. The lowest BCUT2D eigenvalue weighted by Crippen LogP contribution is -2.01. The van der Waals surface area contributed by atoms with Gasteiger partial charge in [0.15, 0.2) is 5.82 Å². The number of carboxylic acid groups (broad SMARTS) is 1. The van der Waals surface area contributed by atoms with Crippen LogP contribution in [0.1, 0.15) is 10.4 Å². The Labute approximate surface area is 116 Å². The van der Waals surface area contributed by atoms with E-state index >= 15 is 0 Å². The maximum Gasteiger partial charge on any atom is 0.335 e. The summed E-state index contributed by atoms with van der Waals surface area (Å²) < 4.78 is 27.3. The number of nitro benzene ring substituents is 1. The molecular formula is C13H8F2N2O4. The minimum absolute atomic E-state index is 0.146. The molecule has 6 nitrogen and oxygen atoms in total. The highest BCUT2D eigenvalue weighted by molar-refractivity contribution is 5.88. The zero-order valence-corrected chi connectivity index (χ0v) is 10.3. The van der Waals surface area contributed by atoms with E-state index in [4.69, 9.17) is 5.11 Å². The first-order chi connectivity index (χ1) is 9.88. The van der Waals surface area contributed by atoms with Gasteiger partial charge in [-0.05, 0) is 24.3 Å². The van der Waals surface area contributed by atoms with Gasteiger partial charge < -0.3 is 10.4 Å². The Morgan fingerprint density at radius 3 is 2.14 bits per heavy atom. The molecule has 0 radical (unpaired) electrons. The molecule has 0 bridgehead atoms. The number of rotatable bonds is 4. The number of halogens is 2. The lowest BCUT2D eigenvalue weighted by atomic mass is 10.2. The van der Waals surface area contributed by atoms with Gasteiger partial charge in [0.05, 0.1) is 27.9 Å². The molecule has 0 saturated heterocycles. The zero-order valence-electron chi connectivity index (χ0n) is 10.3. The lowest BCUT2D eigenvalue weighted by Gasteiger charge is -2.09. The number of aromatic carboxylic acids is 1. The van der Waals surface area contributed by atoms with E-state index in [1.807, 2.05) is 0 Å². The second-order valence-corrected chi connectivity index (χ2v) is 4.05. The minimum atomic E-state index is -1.29. The van der Waals surface area contributed by atoms with E-state index in [1.165, 1.54) is 0 Å². The van der Waals surface area contributed by atoms with Gasteiger partial charge in [-0.25, -0.2) is 13.6 Å². The molecule has 0 heterocycles. The van der Waals surface area contributed by atoms with E-state index in [9.17, 15) is 23.7 Å². The molecule has 8 heteroatoms. The molecule has 108 valence electrons. The van der Waals surface area contributed by atoms with Crippen LogP contribution in [0.5, 0.6) is 0 Å². The van der Waals surface area contributed by atoms with Crippen LogP contribution in [0.25, 0.3) is 0 Å². The molecule has 2 N–H and O–H groups in total. The monoisotopic (exact) mass is 294 g/mol. The Hall–Kier alpha value is -3.03.